The van der Waals surface area contributed by atoms with E-state index in [1.165, 1.54) is 0 Å². The largest absolute Gasteiger partial charge is 0.481 e. The highest BCUT2D eigenvalue weighted by atomic mass is 127. The van der Waals surface area contributed by atoms with E-state index in [2.05, 4.69) is 27.9 Å². The van der Waals surface area contributed by atoms with Crippen molar-refractivity contribution >= 4 is 40.2 Å². The molecule has 1 fully saturated rings. The third-order valence-electron chi connectivity index (χ3n) is 3.60. The highest BCUT2D eigenvalue weighted by Crippen LogP contribution is 2.39. The number of fused-ring (bicyclic) bond motifs is 2. The van der Waals surface area contributed by atoms with Crippen LogP contribution in [0, 0.1) is 15.4 Å². The van der Waals surface area contributed by atoms with E-state index >= 15 is 0 Å². The minimum atomic E-state index is -0.996. The van der Waals surface area contributed by atoms with Crippen molar-refractivity contribution < 1.29 is 19.4 Å². The summed E-state index contributed by atoms with van der Waals surface area (Å²) >= 11 is 2.18. The summed E-state index contributed by atoms with van der Waals surface area (Å²) in [6.45, 7) is 0. The number of carboxylic acids is 1. The Kier molecular flexibility index (Phi) is 3.51. The van der Waals surface area contributed by atoms with Crippen molar-refractivity contribution in [3.8, 4) is 0 Å². The topological polar surface area (TPSA) is 75.6 Å². The van der Waals surface area contributed by atoms with Gasteiger partial charge in [0.1, 0.15) is 5.92 Å². The first kappa shape index (κ1) is 13.6. The predicted molar refractivity (Wildman–Crippen MR) is 80.2 cm³/mol. The maximum atomic E-state index is 12.3. The molecule has 6 heteroatoms. The minimum absolute atomic E-state index is 0.310. The van der Waals surface area contributed by atoms with Crippen LogP contribution < -0.4 is 5.32 Å². The monoisotopic (exact) mass is 385 g/mol. The number of carboxylic acid groups (broad SMARTS) is 1. The van der Waals surface area contributed by atoms with Gasteiger partial charge in [0, 0.05) is 9.26 Å². The number of hydrogen-bond acceptors (Lipinski definition) is 3. The molecule has 20 heavy (non-hydrogen) atoms. The van der Waals surface area contributed by atoms with Gasteiger partial charge in [-0.05, 0) is 46.9 Å². The van der Waals surface area contributed by atoms with Gasteiger partial charge >= 0.3 is 5.97 Å². The summed E-state index contributed by atoms with van der Waals surface area (Å²) in [6.07, 6.45) is 2.55. The molecular weight excluding hydrogens is 373 g/mol. The van der Waals surface area contributed by atoms with Crippen molar-refractivity contribution in [1.29, 1.82) is 0 Å². The van der Waals surface area contributed by atoms with E-state index in [0.717, 1.165) is 3.57 Å². The summed E-state index contributed by atoms with van der Waals surface area (Å²) in [4.78, 5) is 23.6. The lowest BCUT2D eigenvalue weighted by atomic mass is 9.82. The molecule has 1 aromatic rings. The van der Waals surface area contributed by atoms with Crippen molar-refractivity contribution in [1.82, 2.24) is 0 Å². The van der Waals surface area contributed by atoms with Gasteiger partial charge in [-0.15, -0.1) is 0 Å². The van der Waals surface area contributed by atoms with Crippen LogP contribution in [0.3, 0.4) is 0 Å². The number of aliphatic carboxylic acids is 1. The van der Waals surface area contributed by atoms with Gasteiger partial charge in [0.2, 0.25) is 5.91 Å². The Labute approximate surface area is 129 Å². The molecule has 2 aliphatic rings. The molecule has 2 bridgehead atoms. The lowest BCUT2D eigenvalue weighted by Gasteiger charge is -2.20. The number of rotatable bonds is 3. The first-order chi connectivity index (χ1) is 9.56. The molecule has 0 saturated carbocycles. The number of benzene rings is 1. The van der Waals surface area contributed by atoms with Crippen LogP contribution in [0.5, 0.6) is 0 Å². The van der Waals surface area contributed by atoms with Crippen LogP contribution in [0.15, 0.2) is 36.4 Å². The van der Waals surface area contributed by atoms with Gasteiger partial charge in [-0.3, -0.25) is 9.59 Å². The molecule has 3 rings (SSSR count). The molecule has 2 aliphatic heterocycles. The molecule has 104 valence electrons. The van der Waals surface area contributed by atoms with E-state index in [-0.39, 0.29) is 5.91 Å². The number of hydrogen-bond donors (Lipinski definition) is 2. The number of ether oxygens (including phenoxy) is 1. The Bertz CT molecular complexity index is 583. The molecule has 1 aromatic carbocycles. The normalized spacial score (nSPS) is 30.4. The van der Waals surface area contributed by atoms with E-state index in [1.54, 1.807) is 24.3 Å². The Morgan fingerprint density at radius 1 is 1.10 bits per heavy atom. The molecule has 0 radical (unpaired) electrons. The summed E-state index contributed by atoms with van der Waals surface area (Å²) in [5, 5.41) is 12.0. The van der Waals surface area contributed by atoms with Crippen LogP contribution in [-0.4, -0.2) is 29.2 Å². The van der Waals surface area contributed by atoms with E-state index in [0.29, 0.717) is 5.69 Å². The molecule has 1 saturated heterocycles. The van der Waals surface area contributed by atoms with Crippen molar-refractivity contribution in [2.75, 3.05) is 5.32 Å². The molecular formula is C14H12INO4. The number of carbonyl (C=O) groups is 2. The van der Waals surface area contributed by atoms with Gasteiger partial charge in [0.15, 0.2) is 0 Å². The van der Waals surface area contributed by atoms with E-state index in [4.69, 9.17) is 4.74 Å². The van der Waals surface area contributed by atoms with Crippen molar-refractivity contribution in [2.24, 2.45) is 11.8 Å². The van der Waals surface area contributed by atoms with Crippen LogP contribution >= 0.6 is 22.6 Å². The number of anilines is 1. The summed E-state index contributed by atoms with van der Waals surface area (Å²) in [5.41, 5.74) is 0.659. The van der Waals surface area contributed by atoms with E-state index in [1.807, 2.05) is 12.1 Å². The second-order valence-corrected chi connectivity index (χ2v) is 6.08. The zero-order valence-electron chi connectivity index (χ0n) is 10.3. The molecule has 0 aromatic heterocycles. The van der Waals surface area contributed by atoms with Gasteiger partial charge in [0.25, 0.3) is 0 Å². The predicted octanol–water partition coefficient (Wildman–Crippen LogP) is 1.88. The van der Waals surface area contributed by atoms with E-state index in [9.17, 15) is 14.7 Å². The highest BCUT2D eigenvalue weighted by Gasteiger charge is 2.53. The quantitative estimate of drug-likeness (QED) is 0.616. The Balaban J connectivity index is 1.78. The first-order valence-electron chi connectivity index (χ1n) is 6.19. The van der Waals surface area contributed by atoms with Gasteiger partial charge in [0.05, 0.1) is 18.1 Å². The number of nitrogens with one attached hydrogen (secondary N) is 1. The van der Waals surface area contributed by atoms with Gasteiger partial charge in [-0.1, -0.05) is 12.2 Å². The zero-order valence-corrected chi connectivity index (χ0v) is 12.5. The lowest BCUT2D eigenvalue weighted by molar-refractivity contribution is -0.145. The second-order valence-electron chi connectivity index (χ2n) is 4.84. The number of carbonyl (C=O) groups excluding carboxylic acids is 1. The molecule has 2 heterocycles. The van der Waals surface area contributed by atoms with Crippen LogP contribution in [-0.2, 0) is 14.3 Å². The summed E-state index contributed by atoms with van der Waals surface area (Å²) in [6, 6.07) is 7.34. The van der Waals surface area contributed by atoms with Crippen LogP contribution in [0.2, 0.25) is 0 Å². The van der Waals surface area contributed by atoms with Gasteiger partial charge in [-0.2, -0.15) is 0 Å². The zero-order chi connectivity index (χ0) is 14.3. The third-order valence-corrected chi connectivity index (χ3v) is 4.32. The Morgan fingerprint density at radius 2 is 1.70 bits per heavy atom. The Hall–Kier alpha value is -1.41. The van der Waals surface area contributed by atoms with Gasteiger partial charge in [-0.25, -0.2) is 0 Å². The molecule has 5 nitrogen and oxygen atoms in total. The molecule has 0 aliphatic carbocycles. The maximum absolute atomic E-state index is 12.3. The van der Waals surface area contributed by atoms with Crippen molar-refractivity contribution in [3.05, 3.63) is 40.0 Å². The average Bonchev–Trinajstić information content (AvgIpc) is 3.01. The average molecular weight is 385 g/mol. The number of halogens is 1. The number of amides is 1. The highest BCUT2D eigenvalue weighted by molar-refractivity contribution is 14.1. The van der Waals surface area contributed by atoms with Crippen molar-refractivity contribution in [3.63, 3.8) is 0 Å². The smallest absolute Gasteiger partial charge is 0.310 e. The first-order valence-corrected chi connectivity index (χ1v) is 7.27. The van der Waals surface area contributed by atoms with Crippen molar-refractivity contribution in [2.45, 2.75) is 12.2 Å². The Morgan fingerprint density at radius 3 is 2.30 bits per heavy atom. The van der Waals surface area contributed by atoms with Crippen LogP contribution in [0.25, 0.3) is 0 Å². The lowest BCUT2D eigenvalue weighted by Crippen LogP contribution is -2.39. The molecule has 4 atom stereocenters. The molecule has 1 amide bonds. The van der Waals surface area contributed by atoms with E-state index < -0.39 is 30.0 Å². The SMILES string of the molecule is O=C(Nc1ccc(I)cc1)[C@H]1[C@H](C(=O)O)[C@H]2C=C[C@@H]1O2. The van der Waals surface area contributed by atoms with Crippen LogP contribution in [0.4, 0.5) is 5.69 Å². The second kappa shape index (κ2) is 5.17. The van der Waals surface area contributed by atoms with Gasteiger partial charge < -0.3 is 15.2 Å². The fourth-order valence-electron chi connectivity index (χ4n) is 2.67. The molecule has 0 spiro atoms. The summed E-state index contributed by atoms with van der Waals surface area (Å²) in [5.74, 6) is -2.80. The standard InChI is InChI=1S/C14H12INO4/c15-7-1-3-8(4-2-7)16-13(17)11-9-5-6-10(20-9)12(11)14(18)19/h1-6,9-12H,(H,16,17)(H,18,19)/t9-,10+,11+,12+/m0/s1. The fourth-order valence-corrected chi connectivity index (χ4v) is 3.03. The fraction of sp³-hybridized carbons (Fsp3) is 0.286. The molecule has 2 N–H and O–H groups in total. The summed E-state index contributed by atoms with van der Waals surface area (Å²) in [7, 11) is 0. The minimum Gasteiger partial charge on any atom is -0.481 e. The third kappa shape index (κ3) is 2.33. The van der Waals surface area contributed by atoms with Crippen LogP contribution in [0.1, 0.15) is 0 Å². The molecule has 0 unspecified atom stereocenters. The summed E-state index contributed by atoms with van der Waals surface area (Å²) < 4.78 is 6.55. The maximum Gasteiger partial charge on any atom is 0.310 e.